The Bertz CT molecular complexity index is 847. The Balaban J connectivity index is 1.62. The molecule has 0 spiro atoms. The Kier molecular flexibility index (Phi) is 7.52. The molecule has 2 N–H and O–H groups in total. The van der Waals surface area contributed by atoms with E-state index in [0.717, 1.165) is 37.6 Å². The van der Waals surface area contributed by atoms with Crippen LogP contribution in [0.25, 0.3) is 0 Å². The van der Waals surface area contributed by atoms with Gasteiger partial charge in [-0.1, -0.05) is 46.9 Å². The normalized spacial score (nSPS) is 15.8. The zero-order valence-electron chi connectivity index (χ0n) is 16.5. The summed E-state index contributed by atoms with van der Waals surface area (Å²) in [5, 5.41) is 3.94. The van der Waals surface area contributed by atoms with Crippen LogP contribution in [0.15, 0.2) is 36.4 Å². The van der Waals surface area contributed by atoms with Crippen molar-refractivity contribution in [3.8, 4) is 5.75 Å². The van der Waals surface area contributed by atoms with Crippen molar-refractivity contribution in [2.75, 3.05) is 43.0 Å². The van der Waals surface area contributed by atoms with Gasteiger partial charge in [0.25, 0.3) is 5.91 Å². The van der Waals surface area contributed by atoms with Crippen molar-refractivity contribution in [2.45, 2.75) is 19.9 Å². The highest BCUT2D eigenvalue weighted by molar-refractivity contribution is 6.42. The number of carbonyl (C=O) groups excluding carboxylic acids is 1. The van der Waals surface area contributed by atoms with E-state index >= 15 is 0 Å². The van der Waals surface area contributed by atoms with E-state index in [0.29, 0.717) is 27.4 Å². The third-order valence-corrected chi connectivity index (χ3v) is 5.99. The lowest BCUT2D eigenvalue weighted by Crippen LogP contribution is -3.19. The Hall–Kier alpha value is -1.66. The molecule has 1 amide bonds. The highest BCUT2D eigenvalue weighted by Gasteiger charge is 2.30. The summed E-state index contributed by atoms with van der Waals surface area (Å²) in [5.74, 6) is 0.783. The number of benzene rings is 2. The maximum atomic E-state index is 12.8. The van der Waals surface area contributed by atoms with E-state index in [1.54, 1.807) is 12.1 Å². The Morgan fingerprint density at radius 2 is 1.79 bits per heavy atom. The molecule has 3 rings (SSSR count). The van der Waals surface area contributed by atoms with E-state index in [1.807, 2.05) is 32.0 Å². The number of hydrogen-bond acceptors (Lipinski definition) is 3. The first kappa shape index (κ1) is 22.0. The summed E-state index contributed by atoms with van der Waals surface area (Å²) in [6, 6.07) is 11.0. The smallest absolute Gasteiger partial charge is 0.282 e. The van der Waals surface area contributed by atoms with E-state index in [9.17, 15) is 4.79 Å². The molecule has 0 radical (unpaired) electrons. The molecule has 156 valence electrons. The average molecular weight is 458 g/mol. The van der Waals surface area contributed by atoms with Crippen LogP contribution in [-0.2, 0) is 4.79 Å². The largest absolute Gasteiger partial charge is 0.492 e. The average Bonchev–Trinajstić information content (AvgIpc) is 2.71. The van der Waals surface area contributed by atoms with Gasteiger partial charge in [0, 0.05) is 5.02 Å². The van der Waals surface area contributed by atoms with E-state index in [-0.39, 0.29) is 11.9 Å². The fraction of sp³-hybridized carbons (Fsp3) is 0.381. The van der Waals surface area contributed by atoms with Crippen LogP contribution >= 0.6 is 34.8 Å². The molecular weight excluding hydrogens is 433 g/mol. The molecule has 1 aliphatic heterocycles. The van der Waals surface area contributed by atoms with Crippen LogP contribution in [0.1, 0.15) is 13.8 Å². The van der Waals surface area contributed by atoms with Gasteiger partial charge in [0.15, 0.2) is 6.04 Å². The molecule has 0 aromatic heterocycles. The molecule has 29 heavy (non-hydrogen) atoms. The first-order chi connectivity index (χ1) is 13.9. The van der Waals surface area contributed by atoms with Crippen LogP contribution in [-0.4, -0.2) is 44.7 Å². The molecule has 2 aromatic rings. The Morgan fingerprint density at radius 1 is 1.17 bits per heavy atom. The number of nitrogens with zero attached hydrogens (tertiary/aromatic N) is 1. The fourth-order valence-corrected chi connectivity index (χ4v) is 4.45. The van der Waals surface area contributed by atoms with Gasteiger partial charge in [-0.3, -0.25) is 4.79 Å². The molecule has 1 saturated heterocycles. The van der Waals surface area contributed by atoms with Gasteiger partial charge < -0.3 is 19.9 Å². The molecule has 1 heterocycles. The number of nitrogens with one attached hydrogen (secondary N) is 2. The second kappa shape index (κ2) is 9.90. The monoisotopic (exact) mass is 456 g/mol. The summed E-state index contributed by atoms with van der Waals surface area (Å²) in [6.45, 7) is 7.92. The van der Waals surface area contributed by atoms with E-state index in [2.05, 4.69) is 16.3 Å². The van der Waals surface area contributed by atoms with Crippen LogP contribution in [0.5, 0.6) is 5.75 Å². The first-order valence-corrected chi connectivity index (χ1v) is 10.8. The molecular formula is C21H25Cl3N3O2+. The van der Waals surface area contributed by atoms with Gasteiger partial charge in [0.1, 0.15) is 5.75 Å². The van der Waals surface area contributed by atoms with Crippen LogP contribution in [0.4, 0.5) is 11.4 Å². The predicted molar refractivity (Wildman–Crippen MR) is 120 cm³/mol. The van der Waals surface area contributed by atoms with Crippen molar-refractivity contribution < 1.29 is 14.4 Å². The summed E-state index contributed by atoms with van der Waals surface area (Å²) in [6.07, 6.45) is 0. The quantitative estimate of drug-likeness (QED) is 0.694. The van der Waals surface area contributed by atoms with E-state index in [4.69, 9.17) is 39.5 Å². The van der Waals surface area contributed by atoms with E-state index < -0.39 is 0 Å². The number of para-hydroxylation sites is 2. The zero-order valence-corrected chi connectivity index (χ0v) is 18.7. The van der Waals surface area contributed by atoms with Crippen LogP contribution in [0.3, 0.4) is 0 Å². The molecule has 5 nitrogen and oxygen atoms in total. The lowest BCUT2D eigenvalue weighted by atomic mass is 10.2. The number of halogens is 3. The Morgan fingerprint density at radius 3 is 2.41 bits per heavy atom. The van der Waals surface area contributed by atoms with Gasteiger partial charge in [-0.25, -0.2) is 0 Å². The minimum absolute atomic E-state index is 0.116. The van der Waals surface area contributed by atoms with Gasteiger partial charge in [-0.2, -0.15) is 0 Å². The highest BCUT2D eigenvalue weighted by atomic mass is 35.5. The van der Waals surface area contributed by atoms with Crippen molar-refractivity contribution in [3.63, 3.8) is 0 Å². The molecule has 1 atom stereocenters. The second-order valence-electron chi connectivity index (χ2n) is 7.00. The van der Waals surface area contributed by atoms with Crippen molar-refractivity contribution >= 4 is 52.1 Å². The number of ether oxygens (including phenoxy) is 1. The molecule has 0 unspecified atom stereocenters. The van der Waals surface area contributed by atoms with Gasteiger partial charge in [-0.05, 0) is 38.1 Å². The number of amides is 1. The fourth-order valence-electron chi connectivity index (χ4n) is 3.54. The van der Waals surface area contributed by atoms with Crippen molar-refractivity contribution in [1.82, 2.24) is 0 Å². The minimum atomic E-state index is -0.234. The lowest BCUT2D eigenvalue weighted by Gasteiger charge is -2.36. The summed E-state index contributed by atoms with van der Waals surface area (Å²) in [4.78, 5) is 16.3. The van der Waals surface area contributed by atoms with Crippen molar-refractivity contribution in [1.29, 1.82) is 0 Å². The predicted octanol–water partition coefficient (Wildman–Crippen LogP) is 3.78. The maximum Gasteiger partial charge on any atom is 0.282 e. The Labute approximate surface area is 186 Å². The third-order valence-electron chi connectivity index (χ3n) is 5.17. The maximum absolute atomic E-state index is 12.8. The molecule has 1 aliphatic rings. The molecule has 8 heteroatoms. The van der Waals surface area contributed by atoms with Crippen LogP contribution in [0.2, 0.25) is 15.1 Å². The molecule has 0 aliphatic carbocycles. The molecule has 0 saturated carbocycles. The van der Waals surface area contributed by atoms with Gasteiger partial charge >= 0.3 is 0 Å². The zero-order chi connectivity index (χ0) is 21.0. The topological polar surface area (TPSA) is 46.0 Å². The highest BCUT2D eigenvalue weighted by Crippen LogP contribution is 2.33. The second-order valence-corrected chi connectivity index (χ2v) is 8.25. The van der Waals surface area contributed by atoms with E-state index in [1.165, 1.54) is 4.90 Å². The van der Waals surface area contributed by atoms with Crippen LogP contribution < -0.4 is 19.9 Å². The number of carbonyl (C=O) groups is 1. The van der Waals surface area contributed by atoms with Gasteiger partial charge in [0.05, 0.1) is 54.2 Å². The first-order valence-electron chi connectivity index (χ1n) is 9.67. The number of anilines is 2. The summed E-state index contributed by atoms with van der Waals surface area (Å²) >= 11 is 18.3. The number of rotatable bonds is 6. The third kappa shape index (κ3) is 5.28. The SMILES string of the molecule is CCOc1ccccc1N1CC[NH+]([C@@H](C)C(=O)Nc2c(Cl)cc(Cl)cc2Cl)CC1. The van der Waals surface area contributed by atoms with Gasteiger partial charge in [0.2, 0.25) is 0 Å². The van der Waals surface area contributed by atoms with Crippen LogP contribution in [0, 0.1) is 0 Å². The summed E-state index contributed by atoms with van der Waals surface area (Å²) < 4.78 is 5.75. The number of piperazine rings is 1. The molecule has 0 bridgehead atoms. The minimum Gasteiger partial charge on any atom is -0.492 e. The summed E-state index contributed by atoms with van der Waals surface area (Å²) in [7, 11) is 0. The van der Waals surface area contributed by atoms with Gasteiger partial charge in [-0.15, -0.1) is 0 Å². The number of hydrogen-bond donors (Lipinski definition) is 2. The van der Waals surface area contributed by atoms with Crippen molar-refractivity contribution in [2.24, 2.45) is 0 Å². The lowest BCUT2D eigenvalue weighted by molar-refractivity contribution is -0.914. The van der Waals surface area contributed by atoms with Crippen molar-refractivity contribution in [3.05, 3.63) is 51.5 Å². The molecule has 1 fully saturated rings. The number of quaternary nitrogens is 1. The standard InChI is InChI=1S/C21H24Cl3N3O2/c1-3-29-19-7-5-4-6-18(19)27-10-8-26(9-11-27)14(2)21(28)25-20-16(23)12-15(22)13-17(20)24/h4-7,12-14H,3,8-11H2,1-2H3,(H,25,28)/p+1/t14-/m0/s1. The summed E-state index contributed by atoms with van der Waals surface area (Å²) in [5.41, 5.74) is 1.50. The molecule has 2 aromatic carbocycles.